The minimum absolute atomic E-state index is 0.00416. The number of para-hydroxylation sites is 1. The second-order valence-corrected chi connectivity index (χ2v) is 9.75. The largest absolute Gasteiger partial charge is 0.338 e. The van der Waals surface area contributed by atoms with E-state index in [4.69, 9.17) is 10.8 Å². The summed E-state index contributed by atoms with van der Waals surface area (Å²) < 4.78 is 0. The average Bonchev–Trinajstić information content (AvgIpc) is 3.04. The van der Waals surface area contributed by atoms with Gasteiger partial charge in [-0.2, -0.15) is 0 Å². The van der Waals surface area contributed by atoms with Gasteiger partial charge in [-0.25, -0.2) is 4.98 Å². The molecule has 2 aliphatic rings. The molecule has 0 spiro atoms. The molecular formula is C31H30N6. The highest BCUT2D eigenvalue weighted by atomic mass is 15.2. The highest BCUT2D eigenvalue weighted by molar-refractivity contribution is 6.30. The Labute approximate surface area is 217 Å². The zero-order valence-electron chi connectivity index (χ0n) is 20.7. The molecule has 1 saturated carbocycles. The quantitative estimate of drug-likeness (QED) is 0.193. The molecule has 184 valence electrons. The van der Waals surface area contributed by atoms with Crippen LogP contribution < -0.4 is 15.5 Å². The predicted octanol–water partition coefficient (Wildman–Crippen LogP) is 6.21. The molecule has 1 fully saturated rings. The van der Waals surface area contributed by atoms with Crippen molar-refractivity contribution in [3.8, 4) is 0 Å². The lowest BCUT2D eigenvalue weighted by Crippen LogP contribution is -2.48. The summed E-state index contributed by atoms with van der Waals surface area (Å²) in [5, 5.41) is 25.3. The Kier molecular flexibility index (Phi) is 6.02. The van der Waals surface area contributed by atoms with E-state index in [1.807, 2.05) is 48.5 Å². The monoisotopic (exact) mass is 486 g/mol. The Morgan fingerprint density at radius 1 is 0.919 bits per heavy atom. The van der Waals surface area contributed by atoms with Crippen molar-refractivity contribution in [2.75, 3.05) is 16.8 Å². The van der Waals surface area contributed by atoms with E-state index in [2.05, 4.69) is 58.1 Å². The number of fused-ring (bicyclic) bond motifs is 2. The van der Waals surface area contributed by atoms with Crippen LogP contribution in [0.1, 0.15) is 41.5 Å². The fraction of sp³-hybridized carbons (Fsp3) is 0.194. The van der Waals surface area contributed by atoms with E-state index >= 15 is 0 Å². The van der Waals surface area contributed by atoms with Crippen molar-refractivity contribution in [2.45, 2.75) is 31.2 Å². The summed E-state index contributed by atoms with van der Waals surface area (Å²) in [5.41, 5.74) is 5.62. The maximum absolute atomic E-state index is 9.13. The molecule has 0 atom stereocenters. The average molecular weight is 487 g/mol. The molecule has 6 rings (SSSR count). The maximum Gasteiger partial charge on any atom is 0.154 e. The summed E-state index contributed by atoms with van der Waals surface area (Å²) in [6, 6.07) is 30.4. The van der Waals surface area contributed by atoms with Gasteiger partial charge in [0.1, 0.15) is 11.7 Å². The Balaban J connectivity index is 1.25. The van der Waals surface area contributed by atoms with Crippen molar-refractivity contribution in [2.24, 2.45) is 0 Å². The van der Waals surface area contributed by atoms with Crippen LogP contribution in [-0.2, 0) is 12.0 Å². The van der Waals surface area contributed by atoms with E-state index in [1.54, 1.807) is 11.1 Å². The van der Waals surface area contributed by atoms with E-state index in [1.165, 1.54) is 17.5 Å². The van der Waals surface area contributed by atoms with Gasteiger partial charge in [0, 0.05) is 22.9 Å². The molecule has 0 bridgehead atoms. The maximum atomic E-state index is 9.13. The van der Waals surface area contributed by atoms with Gasteiger partial charge >= 0.3 is 0 Å². The Morgan fingerprint density at radius 3 is 2.43 bits per heavy atom. The molecule has 37 heavy (non-hydrogen) atoms. The lowest BCUT2D eigenvalue weighted by molar-refractivity contribution is 0.187. The third-order valence-corrected chi connectivity index (χ3v) is 7.55. The molecule has 4 N–H and O–H groups in total. The Hall–Kier alpha value is -4.29. The molecule has 6 heteroatoms. The van der Waals surface area contributed by atoms with Crippen LogP contribution in [0.3, 0.4) is 0 Å². The van der Waals surface area contributed by atoms with Crippen LogP contribution >= 0.6 is 0 Å². The fourth-order valence-electron chi connectivity index (χ4n) is 5.34. The van der Waals surface area contributed by atoms with Crippen LogP contribution in [0.5, 0.6) is 0 Å². The number of nitrogens with one attached hydrogen (secondary N) is 4. The van der Waals surface area contributed by atoms with E-state index < -0.39 is 0 Å². The number of nitrogens with zero attached hydrogens (tertiary/aromatic N) is 2. The number of hydrogen-bond donors (Lipinski definition) is 4. The number of anilines is 3. The first kappa shape index (κ1) is 23.1. The smallest absolute Gasteiger partial charge is 0.154 e. The molecule has 0 unspecified atom stereocenters. The SMILES string of the molecule is N=C(c1ccc(C2(NCCc3ccccc3)CCC2)cc1)N1C(=N)c2ccccc2Nc2ncccc21. The molecular weight excluding hydrogens is 456 g/mol. The molecule has 6 nitrogen and oxygen atoms in total. The first-order chi connectivity index (χ1) is 18.1. The molecule has 2 heterocycles. The van der Waals surface area contributed by atoms with Gasteiger partial charge in [-0.1, -0.05) is 66.7 Å². The van der Waals surface area contributed by atoms with Crippen LogP contribution in [-0.4, -0.2) is 23.2 Å². The number of benzene rings is 3. The summed E-state index contributed by atoms with van der Waals surface area (Å²) in [7, 11) is 0. The van der Waals surface area contributed by atoms with Crippen molar-refractivity contribution < 1.29 is 0 Å². The van der Waals surface area contributed by atoms with Gasteiger partial charge in [-0.05, 0) is 67.6 Å². The summed E-state index contributed by atoms with van der Waals surface area (Å²) in [6.45, 7) is 0.933. The van der Waals surface area contributed by atoms with Gasteiger partial charge in [0.15, 0.2) is 5.82 Å². The van der Waals surface area contributed by atoms with Crippen molar-refractivity contribution >= 4 is 28.9 Å². The lowest BCUT2D eigenvalue weighted by Gasteiger charge is -2.43. The zero-order valence-corrected chi connectivity index (χ0v) is 20.7. The number of pyridine rings is 1. The third kappa shape index (κ3) is 4.30. The molecule has 3 aromatic carbocycles. The van der Waals surface area contributed by atoms with E-state index in [-0.39, 0.29) is 17.2 Å². The first-order valence-corrected chi connectivity index (χ1v) is 12.8. The second kappa shape index (κ2) is 9.64. The summed E-state index contributed by atoms with van der Waals surface area (Å²) >= 11 is 0. The van der Waals surface area contributed by atoms with Gasteiger partial charge in [-0.15, -0.1) is 0 Å². The molecule has 0 radical (unpaired) electrons. The highest BCUT2D eigenvalue weighted by Gasteiger charge is 2.38. The number of aromatic nitrogens is 1. The fourth-order valence-corrected chi connectivity index (χ4v) is 5.34. The van der Waals surface area contributed by atoms with Gasteiger partial charge < -0.3 is 10.6 Å². The molecule has 4 aromatic rings. The molecule has 1 aromatic heterocycles. The van der Waals surface area contributed by atoms with Crippen LogP contribution in [0.4, 0.5) is 17.2 Å². The van der Waals surface area contributed by atoms with E-state index in [0.717, 1.165) is 42.6 Å². The third-order valence-electron chi connectivity index (χ3n) is 7.55. The van der Waals surface area contributed by atoms with Gasteiger partial charge in [0.25, 0.3) is 0 Å². The van der Waals surface area contributed by atoms with Crippen molar-refractivity contribution in [1.82, 2.24) is 10.3 Å². The predicted molar refractivity (Wildman–Crippen MR) is 150 cm³/mol. The van der Waals surface area contributed by atoms with E-state index in [0.29, 0.717) is 11.5 Å². The Bertz CT molecular complexity index is 1440. The second-order valence-electron chi connectivity index (χ2n) is 9.75. The summed E-state index contributed by atoms with van der Waals surface area (Å²) in [5.74, 6) is 1.14. The zero-order chi connectivity index (χ0) is 25.2. The molecule has 0 amide bonds. The van der Waals surface area contributed by atoms with Crippen molar-refractivity contribution in [3.63, 3.8) is 0 Å². The topological polar surface area (TPSA) is 87.9 Å². The molecule has 1 aliphatic carbocycles. The number of rotatable bonds is 6. The van der Waals surface area contributed by atoms with Crippen molar-refractivity contribution in [3.05, 3.63) is 119 Å². The summed E-state index contributed by atoms with van der Waals surface area (Å²) in [4.78, 5) is 6.17. The number of amidine groups is 2. The number of hydrogen-bond acceptors (Lipinski definition) is 5. The molecule has 1 aliphatic heterocycles. The standard InChI is InChI=1S/C31H30N6/c32-28(37-27-12-6-20-34-30(27)36-26-11-5-4-10-25(26)29(37)33)23-13-15-24(16-14-23)31(18-7-19-31)35-21-17-22-8-2-1-3-9-22/h1-6,8-16,20,32-33,35H,7,17-19,21H2,(H,34,36). The van der Waals surface area contributed by atoms with Crippen LogP contribution in [0.25, 0.3) is 0 Å². The van der Waals surface area contributed by atoms with Crippen LogP contribution in [0.15, 0.2) is 97.2 Å². The van der Waals surface area contributed by atoms with Gasteiger partial charge in [0.2, 0.25) is 0 Å². The highest BCUT2D eigenvalue weighted by Crippen LogP contribution is 2.41. The van der Waals surface area contributed by atoms with Crippen LogP contribution in [0, 0.1) is 10.8 Å². The first-order valence-electron chi connectivity index (χ1n) is 12.8. The normalized spacial score (nSPS) is 15.6. The molecule has 0 saturated heterocycles. The Morgan fingerprint density at radius 2 is 1.68 bits per heavy atom. The van der Waals surface area contributed by atoms with E-state index in [9.17, 15) is 0 Å². The lowest BCUT2D eigenvalue weighted by atomic mass is 9.71. The minimum atomic E-state index is 0.00416. The van der Waals surface area contributed by atoms with Crippen molar-refractivity contribution in [1.29, 1.82) is 10.8 Å². The van der Waals surface area contributed by atoms with Crippen LogP contribution in [0.2, 0.25) is 0 Å². The van der Waals surface area contributed by atoms with Gasteiger partial charge in [-0.3, -0.25) is 15.7 Å². The van der Waals surface area contributed by atoms with Gasteiger partial charge in [0.05, 0.1) is 11.4 Å². The summed E-state index contributed by atoms with van der Waals surface area (Å²) in [6.07, 6.45) is 6.19. The minimum Gasteiger partial charge on any atom is -0.338 e.